The molecule has 0 aliphatic rings. The van der Waals surface area contributed by atoms with Crippen molar-refractivity contribution in [2.24, 2.45) is 7.05 Å². The first-order chi connectivity index (χ1) is 8.19. The summed E-state index contributed by atoms with van der Waals surface area (Å²) in [6, 6.07) is 7.77. The molecule has 0 aliphatic heterocycles. The van der Waals surface area contributed by atoms with Gasteiger partial charge in [-0.15, -0.1) is 0 Å². The highest BCUT2D eigenvalue weighted by molar-refractivity contribution is 5.54. The van der Waals surface area contributed by atoms with Crippen LogP contribution in [0.5, 0.6) is 0 Å². The normalized spacial score (nSPS) is 10.5. The number of benzene rings is 1. The van der Waals surface area contributed by atoms with Crippen LogP contribution in [0.3, 0.4) is 0 Å². The van der Waals surface area contributed by atoms with Crippen LogP contribution in [0.25, 0.3) is 0 Å². The molecule has 4 nitrogen and oxygen atoms in total. The van der Waals surface area contributed by atoms with Gasteiger partial charge >= 0.3 is 0 Å². The largest absolute Gasteiger partial charge is 0.399 e. The summed E-state index contributed by atoms with van der Waals surface area (Å²) >= 11 is 0. The van der Waals surface area contributed by atoms with Gasteiger partial charge in [-0.3, -0.25) is 4.68 Å². The molecule has 4 heteroatoms. The Balaban J connectivity index is 2.06. The Morgan fingerprint density at radius 3 is 2.94 bits per heavy atom. The topological polar surface area (TPSA) is 55.9 Å². The zero-order chi connectivity index (χ0) is 12.3. The van der Waals surface area contributed by atoms with Crippen LogP contribution in [0.4, 0.5) is 11.4 Å². The summed E-state index contributed by atoms with van der Waals surface area (Å²) in [6.45, 7) is 2.90. The summed E-state index contributed by atoms with van der Waals surface area (Å²) in [4.78, 5) is 0. The van der Waals surface area contributed by atoms with Crippen LogP contribution in [-0.4, -0.2) is 9.78 Å². The zero-order valence-corrected chi connectivity index (χ0v) is 10.3. The average Bonchev–Trinajstić information content (AvgIpc) is 2.67. The summed E-state index contributed by atoms with van der Waals surface area (Å²) < 4.78 is 1.86. The standard InChI is InChI=1S/C13H18N4/c1-3-13-10(9-17(2)16-13)8-15-12-6-4-5-11(14)7-12/h4-7,9,15H,3,8,14H2,1-2H3. The van der Waals surface area contributed by atoms with E-state index in [-0.39, 0.29) is 0 Å². The van der Waals surface area contributed by atoms with Crippen molar-refractivity contribution in [2.75, 3.05) is 11.1 Å². The fourth-order valence-electron chi connectivity index (χ4n) is 1.87. The number of hydrogen-bond acceptors (Lipinski definition) is 3. The molecule has 1 heterocycles. The molecular formula is C13H18N4. The Hall–Kier alpha value is -1.97. The lowest BCUT2D eigenvalue weighted by molar-refractivity contribution is 0.746. The lowest BCUT2D eigenvalue weighted by Gasteiger charge is -2.06. The molecule has 2 rings (SSSR count). The number of hydrogen-bond donors (Lipinski definition) is 2. The van der Waals surface area contributed by atoms with Gasteiger partial charge in [-0.05, 0) is 24.6 Å². The number of anilines is 2. The predicted molar refractivity (Wildman–Crippen MR) is 70.8 cm³/mol. The average molecular weight is 230 g/mol. The zero-order valence-electron chi connectivity index (χ0n) is 10.3. The highest BCUT2D eigenvalue weighted by atomic mass is 15.3. The van der Waals surface area contributed by atoms with Gasteiger partial charge in [-0.1, -0.05) is 13.0 Å². The van der Waals surface area contributed by atoms with E-state index in [2.05, 4.69) is 23.5 Å². The number of nitrogens with zero attached hydrogens (tertiary/aromatic N) is 2. The van der Waals surface area contributed by atoms with Crippen molar-refractivity contribution in [3.63, 3.8) is 0 Å². The first kappa shape index (κ1) is 11.5. The van der Waals surface area contributed by atoms with Crippen molar-refractivity contribution < 1.29 is 0 Å². The molecule has 17 heavy (non-hydrogen) atoms. The Labute approximate surface area is 101 Å². The van der Waals surface area contributed by atoms with Gasteiger partial charge < -0.3 is 11.1 Å². The van der Waals surface area contributed by atoms with E-state index in [0.717, 1.165) is 30.0 Å². The van der Waals surface area contributed by atoms with Crippen molar-refractivity contribution in [3.05, 3.63) is 41.7 Å². The maximum Gasteiger partial charge on any atom is 0.0671 e. The van der Waals surface area contributed by atoms with Crippen molar-refractivity contribution in [1.82, 2.24) is 9.78 Å². The second-order valence-electron chi connectivity index (χ2n) is 4.11. The minimum atomic E-state index is 0.775. The minimum absolute atomic E-state index is 0.775. The van der Waals surface area contributed by atoms with E-state index in [1.165, 1.54) is 5.56 Å². The number of aryl methyl sites for hydroxylation is 2. The smallest absolute Gasteiger partial charge is 0.0671 e. The third-order valence-corrected chi connectivity index (χ3v) is 2.70. The molecule has 0 radical (unpaired) electrons. The molecule has 90 valence electrons. The van der Waals surface area contributed by atoms with Gasteiger partial charge in [0.25, 0.3) is 0 Å². The molecule has 0 fully saturated rings. The minimum Gasteiger partial charge on any atom is -0.399 e. The Kier molecular flexibility index (Phi) is 3.32. The van der Waals surface area contributed by atoms with Gasteiger partial charge in [0.1, 0.15) is 0 Å². The van der Waals surface area contributed by atoms with Crippen molar-refractivity contribution in [2.45, 2.75) is 19.9 Å². The molecule has 0 saturated heterocycles. The summed E-state index contributed by atoms with van der Waals surface area (Å²) in [5, 5.41) is 7.77. The first-order valence-electron chi connectivity index (χ1n) is 5.80. The lowest BCUT2D eigenvalue weighted by atomic mass is 10.2. The summed E-state index contributed by atoms with van der Waals surface area (Å²) in [7, 11) is 1.95. The Morgan fingerprint density at radius 2 is 2.24 bits per heavy atom. The van der Waals surface area contributed by atoms with Crippen LogP contribution < -0.4 is 11.1 Å². The molecule has 0 amide bonds. The van der Waals surface area contributed by atoms with Gasteiger partial charge in [0.2, 0.25) is 0 Å². The van der Waals surface area contributed by atoms with Crippen LogP contribution in [0.15, 0.2) is 30.5 Å². The van der Waals surface area contributed by atoms with Crippen LogP contribution in [0.1, 0.15) is 18.2 Å². The van der Waals surface area contributed by atoms with Crippen LogP contribution in [-0.2, 0) is 20.0 Å². The van der Waals surface area contributed by atoms with E-state index in [9.17, 15) is 0 Å². The molecule has 0 atom stereocenters. The second-order valence-corrected chi connectivity index (χ2v) is 4.11. The van der Waals surface area contributed by atoms with E-state index < -0.39 is 0 Å². The van der Waals surface area contributed by atoms with Gasteiger partial charge in [0, 0.05) is 36.7 Å². The summed E-state index contributed by atoms with van der Waals surface area (Å²) in [5.41, 5.74) is 9.92. The number of rotatable bonds is 4. The summed E-state index contributed by atoms with van der Waals surface area (Å²) in [5.74, 6) is 0. The number of nitrogen functional groups attached to an aromatic ring is 1. The molecule has 0 aliphatic carbocycles. The van der Waals surface area contributed by atoms with Crippen LogP contribution >= 0.6 is 0 Å². The highest BCUT2D eigenvalue weighted by Gasteiger charge is 2.05. The third kappa shape index (κ3) is 2.78. The molecule has 0 spiro atoms. The van der Waals surface area contributed by atoms with Gasteiger partial charge in [-0.2, -0.15) is 5.10 Å². The highest BCUT2D eigenvalue weighted by Crippen LogP contribution is 2.14. The van der Waals surface area contributed by atoms with Crippen LogP contribution in [0, 0.1) is 0 Å². The molecule has 3 N–H and O–H groups in total. The third-order valence-electron chi connectivity index (χ3n) is 2.70. The Morgan fingerprint density at radius 1 is 1.41 bits per heavy atom. The maximum atomic E-state index is 5.73. The van der Waals surface area contributed by atoms with E-state index in [0.29, 0.717) is 0 Å². The number of nitrogens with one attached hydrogen (secondary N) is 1. The van der Waals surface area contributed by atoms with Crippen molar-refractivity contribution in [3.8, 4) is 0 Å². The van der Waals surface area contributed by atoms with Crippen LogP contribution in [0.2, 0.25) is 0 Å². The number of aromatic nitrogens is 2. The van der Waals surface area contributed by atoms with Gasteiger partial charge in [-0.25, -0.2) is 0 Å². The van der Waals surface area contributed by atoms with E-state index in [4.69, 9.17) is 5.73 Å². The fourth-order valence-corrected chi connectivity index (χ4v) is 1.87. The van der Waals surface area contributed by atoms with Gasteiger partial charge in [0.05, 0.1) is 5.69 Å². The van der Waals surface area contributed by atoms with E-state index in [1.54, 1.807) is 0 Å². The molecule has 2 aromatic rings. The van der Waals surface area contributed by atoms with E-state index in [1.807, 2.05) is 36.0 Å². The molecular weight excluding hydrogens is 212 g/mol. The predicted octanol–water partition coefficient (Wildman–Crippen LogP) is 2.18. The molecule has 0 bridgehead atoms. The molecule has 1 aromatic carbocycles. The van der Waals surface area contributed by atoms with Crippen molar-refractivity contribution >= 4 is 11.4 Å². The molecule has 1 aromatic heterocycles. The monoisotopic (exact) mass is 230 g/mol. The quantitative estimate of drug-likeness (QED) is 0.791. The van der Waals surface area contributed by atoms with Gasteiger partial charge in [0.15, 0.2) is 0 Å². The Bertz CT molecular complexity index is 502. The molecule has 0 saturated carbocycles. The number of nitrogens with two attached hydrogens (primary N) is 1. The fraction of sp³-hybridized carbons (Fsp3) is 0.308. The molecule has 0 unspecified atom stereocenters. The first-order valence-corrected chi connectivity index (χ1v) is 5.80. The maximum absolute atomic E-state index is 5.73. The SMILES string of the molecule is CCc1nn(C)cc1CNc1cccc(N)c1. The van der Waals surface area contributed by atoms with Crippen molar-refractivity contribution in [1.29, 1.82) is 0 Å². The second kappa shape index (κ2) is 4.91. The van der Waals surface area contributed by atoms with E-state index >= 15 is 0 Å². The summed E-state index contributed by atoms with van der Waals surface area (Å²) in [6.07, 6.45) is 3.01. The lowest BCUT2D eigenvalue weighted by Crippen LogP contribution is -2.01.